The molecule has 0 unspecified atom stereocenters. The Balaban J connectivity index is 1.88. The van der Waals surface area contributed by atoms with Crippen LogP contribution in [0.2, 0.25) is 0 Å². The molecule has 0 fully saturated rings. The average molecular weight is 368 g/mol. The molecule has 0 saturated carbocycles. The number of carbonyl (C=O) groups excluding carboxylic acids is 1. The van der Waals surface area contributed by atoms with Crippen LogP contribution in [0, 0.1) is 0 Å². The molecular weight excluding hydrogens is 348 g/mol. The minimum absolute atomic E-state index is 0.267. The lowest BCUT2D eigenvalue weighted by atomic mass is 10.2. The Kier molecular flexibility index (Phi) is 5.77. The lowest BCUT2D eigenvalue weighted by molar-refractivity contribution is -0.133. The number of nitrogens with zero attached hydrogens (tertiary/aromatic N) is 3. The quantitative estimate of drug-likeness (QED) is 0.664. The second kappa shape index (κ2) is 8.41. The van der Waals surface area contributed by atoms with Crippen LogP contribution in [0.4, 0.5) is 0 Å². The second-order valence-corrected chi connectivity index (χ2v) is 6.00. The van der Waals surface area contributed by atoms with Crippen molar-refractivity contribution in [3.63, 3.8) is 0 Å². The Bertz CT molecular complexity index is 1040. The molecule has 0 spiro atoms. The molecular formula is C19H20N4O4. The molecule has 0 aliphatic heterocycles. The first-order valence-corrected chi connectivity index (χ1v) is 8.48. The molecule has 0 aliphatic carbocycles. The third kappa shape index (κ3) is 4.29. The number of hydrogen-bond acceptors (Lipinski definition) is 5. The Labute approximate surface area is 155 Å². The molecule has 27 heavy (non-hydrogen) atoms. The first kappa shape index (κ1) is 18.5. The summed E-state index contributed by atoms with van der Waals surface area (Å²) < 4.78 is 5.98. The van der Waals surface area contributed by atoms with Crippen molar-refractivity contribution >= 4 is 16.8 Å². The number of amides is 1. The Morgan fingerprint density at radius 3 is 2.70 bits per heavy atom. The zero-order chi connectivity index (χ0) is 19.2. The molecule has 0 bridgehead atoms. The van der Waals surface area contributed by atoms with E-state index in [1.165, 1.54) is 4.90 Å². The SMILES string of the molecule is COCCN(Cc1ccccn1)C(=O)Cn1c(=O)[nH]c2ccccc2c1=O. The number of nitrogens with one attached hydrogen (secondary N) is 1. The van der Waals surface area contributed by atoms with Gasteiger partial charge in [-0.2, -0.15) is 0 Å². The fourth-order valence-electron chi connectivity index (χ4n) is 2.76. The highest BCUT2D eigenvalue weighted by Gasteiger charge is 2.18. The minimum Gasteiger partial charge on any atom is -0.383 e. The number of ether oxygens (including phenoxy) is 1. The normalized spacial score (nSPS) is 10.9. The molecule has 1 N–H and O–H groups in total. The molecule has 8 nitrogen and oxygen atoms in total. The summed E-state index contributed by atoms with van der Waals surface area (Å²) >= 11 is 0. The fourth-order valence-corrected chi connectivity index (χ4v) is 2.76. The minimum atomic E-state index is -0.614. The Morgan fingerprint density at radius 1 is 1.19 bits per heavy atom. The monoisotopic (exact) mass is 368 g/mol. The Hall–Kier alpha value is -3.26. The number of para-hydroxylation sites is 1. The number of hydrogen-bond donors (Lipinski definition) is 1. The van der Waals surface area contributed by atoms with Crippen molar-refractivity contribution in [2.45, 2.75) is 13.1 Å². The lowest BCUT2D eigenvalue weighted by Gasteiger charge is -2.22. The first-order chi connectivity index (χ1) is 13.1. The van der Waals surface area contributed by atoms with E-state index in [0.717, 1.165) is 4.57 Å². The van der Waals surface area contributed by atoms with Crippen molar-refractivity contribution in [2.24, 2.45) is 0 Å². The number of fused-ring (bicyclic) bond motifs is 1. The van der Waals surface area contributed by atoms with Gasteiger partial charge in [0.1, 0.15) is 6.54 Å². The van der Waals surface area contributed by atoms with E-state index in [4.69, 9.17) is 4.74 Å². The highest BCUT2D eigenvalue weighted by atomic mass is 16.5. The lowest BCUT2D eigenvalue weighted by Crippen LogP contribution is -2.43. The molecule has 2 heterocycles. The van der Waals surface area contributed by atoms with Crippen molar-refractivity contribution in [1.29, 1.82) is 0 Å². The number of aromatic amines is 1. The van der Waals surface area contributed by atoms with Crippen LogP contribution in [0.3, 0.4) is 0 Å². The molecule has 1 amide bonds. The van der Waals surface area contributed by atoms with Gasteiger partial charge >= 0.3 is 5.69 Å². The van der Waals surface area contributed by atoms with E-state index >= 15 is 0 Å². The summed E-state index contributed by atoms with van der Waals surface area (Å²) in [6.07, 6.45) is 1.65. The third-order valence-electron chi connectivity index (χ3n) is 4.18. The molecule has 1 aromatic carbocycles. The van der Waals surface area contributed by atoms with Gasteiger partial charge in [0.25, 0.3) is 5.56 Å². The van der Waals surface area contributed by atoms with Crippen LogP contribution < -0.4 is 11.2 Å². The summed E-state index contributed by atoms with van der Waals surface area (Å²) in [7, 11) is 1.54. The molecule has 0 aliphatic rings. The molecule has 0 atom stereocenters. The predicted molar refractivity (Wildman–Crippen MR) is 100 cm³/mol. The summed E-state index contributed by atoms with van der Waals surface area (Å²) in [6.45, 7) is 0.576. The van der Waals surface area contributed by atoms with Gasteiger partial charge < -0.3 is 14.6 Å². The largest absolute Gasteiger partial charge is 0.383 e. The zero-order valence-electron chi connectivity index (χ0n) is 14.9. The second-order valence-electron chi connectivity index (χ2n) is 6.00. The van der Waals surface area contributed by atoms with Gasteiger partial charge in [-0.1, -0.05) is 18.2 Å². The van der Waals surface area contributed by atoms with Crippen LogP contribution in [0.25, 0.3) is 10.9 Å². The number of pyridine rings is 1. The van der Waals surface area contributed by atoms with E-state index in [1.807, 2.05) is 12.1 Å². The number of methoxy groups -OCH3 is 1. The van der Waals surface area contributed by atoms with Crippen LogP contribution in [-0.4, -0.2) is 45.6 Å². The van der Waals surface area contributed by atoms with Gasteiger partial charge in [0, 0.05) is 19.9 Å². The van der Waals surface area contributed by atoms with Crippen molar-refractivity contribution in [3.05, 3.63) is 75.2 Å². The predicted octanol–water partition coefficient (Wildman–Crippen LogP) is 0.760. The van der Waals surface area contributed by atoms with E-state index in [-0.39, 0.29) is 19.0 Å². The molecule has 0 saturated heterocycles. The van der Waals surface area contributed by atoms with Gasteiger partial charge in [0.05, 0.1) is 29.7 Å². The highest BCUT2D eigenvalue weighted by Crippen LogP contribution is 2.05. The van der Waals surface area contributed by atoms with Crippen LogP contribution >= 0.6 is 0 Å². The number of carbonyl (C=O) groups is 1. The Morgan fingerprint density at radius 2 is 1.96 bits per heavy atom. The maximum atomic E-state index is 12.8. The van der Waals surface area contributed by atoms with Gasteiger partial charge in [-0.05, 0) is 24.3 Å². The number of aromatic nitrogens is 3. The smallest absolute Gasteiger partial charge is 0.329 e. The summed E-state index contributed by atoms with van der Waals surface area (Å²) in [6, 6.07) is 12.1. The zero-order valence-corrected chi connectivity index (χ0v) is 14.9. The molecule has 3 rings (SSSR count). The van der Waals surface area contributed by atoms with Crippen LogP contribution in [0.1, 0.15) is 5.69 Å². The van der Waals surface area contributed by atoms with E-state index in [9.17, 15) is 14.4 Å². The van der Waals surface area contributed by atoms with Gasteiger partial charge in [0.2, 0.25) is 5.91 Å². The van der Waals surface area contributed by atoms with E-state index in [1.54, 1.807) is 43.6 Å². The summed E-state index contributed by atoms with van der Waals surface area (Å²) in [5, 5.41) is 0.359. The summed E-state index contributed by atoms with van der Waals surface area (Å²) in [4.78, 5) is 46.1. The van der Waals surface area contributed by atoms with E-state index in [2.05, 4.69) is 9.97 Å². The van der Waals surface area contributed by atoms with Crippen molar-refractivity contribution in [1.82, 2.24) is 19.4 Å². The van der Waals surface area contributed by atoms with Crippen LogP contribution in [0.15, 0.2) is 58.3 Å². The standard InChI is InChI=1S/C19H20N4O4/c1-27-11-10-22(12-14-6-4-5-9-20-14)17(24)13-23-18(25)15-7-2-3-8-16(15)21-19(23)26/h2-9H,10-13H2,1H3,(H,21,26). The van der Waals surface area contributed by atoms with Crippen molar-refractivity contribution in [2.75, 3.05) is 20.3 Å². The molecule has 8 heteroatoms. The van der Waals surface area contributed by atoms with E-state index in [0.29, 0.717) is 29.7 Å². The average Bonchev–Trinajstić information content (AvgIpc) is 2.69. The van der Waals surface area contributed by atoms with Gasteiger partial charge in [-0.15, -0.1) is 0 Å². The van der Waals surface area contributed by atoms with Crippen molar-refractivity contribution in [3.8, 4) is 0 Å². The first-order valence-electron chi connectivity index (χ1n) is 8.48. The summed E-state index contributed by atoms with van der Waals surface area (Å²) in [5.41, 5.74) is 0.0476. The van der Waals surface area contributed by atoms with Gasteiger partial charge in [-0.25, -0.2) is 4.79 Å². The number of benzene rings is 1. The molecule has 3 aromatic rings. The number of rotatable bonds is 7. The van der Waals surface area contributed by atoms with Crippen LogP contribution in [0.5, 0.6) is 0 Å². The topological polar surface area (TPSA) is 97.3 Å². The molecule has 0 radical (unpaired) electrons. The highest BCUT2D eigenvalue weighted by molar-refractivity contribution is 5.79. The summed E-state index contributed by atoms with van der Waals surface area (Å²) in [5.74, 6) is -0.361. The fraction of sp³-hybridized carbons (Fsp3) is 0.263. The van der Waals surface area contributed by atoms with E-state index < -0.39 is 11.2 Å². The third-order valence-corrected chi connectivity index (χ3v) is 4.18. The molecule has 2 aromatic heterocycles. The molecule has 140 valence electrons. The number of H-pyrrole nitrogens is 1. The van der Waals surface area contributed by atoms with Gasteiger partial charge in [0.15, 0.2) is 0 Å². The van der Waals surface area contributed by atoms with Crippen molar-refractivity contribution < 1.29 is 9.53 Å². The maximum Gasteiger partial charge on any atom is 0.329 e. The van der Waals surface area contributed by atoms with Gasteiger partial charge in [-0.3, -0.25) is 19.1 Å². The maximum absolute atomic E-state index is 12.8. The van der Waals surface area contributed by atoms with Crippen LogP contribution in [-0.2, 0) is 22.6 Å².